The number of anilines is 1. The number of benzene rings is 2. The van der Waals surface area contributed by atoms with E-state index in [0.717, 1.165) is 23.0 Å². The Morgan fingerprint density at radius 3 is 2.64 bits per heavy atom. The van der Waals surface area contributed by atoms with E-state index in [2.05, 4.69) is 36.3 Å². The number of carbonyl (C=O) groups excluding carboxylic acids is 1. The minimum Gasteiger partial charge on any atom is -0.481 e. The summed E-state index contributed by atoms with van der Waals surface area (Å²) < 4.78 is 5.66. The van der Waals surface area contributed by atoms with E-state index in [1.165, 1.54) is 5.56 Å². The lowest BCUT2D eigenvalue weighted by atomic mass is 9.99. The van der Waals surface area contributed by atoms with Crippen LogP contribution in [0.5, 0.6) is 5.75 Å². The first-order chi connectivity index (χ1) is 12.2. The molecule has 1 aromatic heterocycles. The summed E-state index contributed by atoms with van der Waals surface area (Å²) in [4.78, 5) is 16.5. The number of hydrogen-bond donors (Lipinski definition) is 1. The van der Waals surface area contributed by atoms with E-state index >= 15 is 0 Å². The zero-order valence-electron chi connectivity index (χ0n) is 14.5. The van der Waals surface area contributed by atoms with E-state index in [0.29, 0.717) is 11.7 Å². The first kappa shape index (κ1) is 17.0. The number of rotatable bonds is 6. The number of carbonyl (C=O) groups is 1. The second-order valence-electron chi connectivity index (χ2n) is 6.10. The number of pyridine rings is 1. The minimum absolute atomic E-state index is 0.0528. The second kappa shape index (κ2) is 7.79. The fraction of sp³-hybridized carbons (Fsp3) is 0.238. The largest absolute Gasteiger partial charge is 0.481 e. The summed E-state index contributed by atoms with van der Waals surface area (Å²) in [7, 11) is 0. The molecule has 3 aromatic rings. The SMILES string of the molecule is CC[C@H](C)c1ccc(NC(=O)COc2cccc3cccnc23)cc1. The van der Waals surface area contributed by atoms with Crippen LogP contribution >= 0.6 is 0 Å². The Balaban J connectivity index is 1.61. The summed E-state index contributed by atoms with van der Waals surface area (Å²) in [6.07, 6.45) is 2.81. The lowest BCUT2D eigenvalue weighted by Crippen LogP contribution is -2.20. The van der Waals surface area contributed by atoms with Crippen LogP contribution in [0, 0.1) is 0 Å². The Morgan fingerprint density at radius 1 is 1.12 bits per heavy atom. The Morgan fingerprint density at radius 2 is 1.88 bits per heavy atom. The number of amides is 1. The predicted molar refractivity (Wildman–Crippen MR) is 101 cm³/mol. The normalized spacial score (nSPS) is 11.9. The first-order valence-corrected chi connectivity index (χ1v) is 8.53. The molecular formula is C21H22N2O2. The van der Waals surface area contributed by atoms with Crippen molar-refractivity contribution in [3.8, 4) is 5.75 Å². The summed E-state index contributed by atoms with van der Waals surface area (Å²) in [5.74, 6) is 0.941. The van der Waals surface area contributed by atoms with Gasteiger partial charge in [0.25, 0.3) is 5.91 Å². The number of hydrogen-bond acceptors (Lipinski definition) is 3. The van der Waals surface area contributed by atoms with Crippen molar-refractivity contribution >= 4 is 22.5 Å². The van der Waals surface area contributed by atoms with Gasteiger partial charge in [-0.15, -0.1) is 0 Å². The van der Waals surface area contributed by atoms with Crippen LogP contribution in [0.2, 0.25) is 0 Å². The van der Waals surface area contributed by atoms with Gasteiger partial charge in [-0.1, -0.05) is 44.2 Å². The van der Waals surface area contributed by atoms with Crippen molar-refractivity contribution in [3.05, 3.63) is 66.4 Å². The molecule has 1 atom stereocenters. The van der Waals surface area contributed by atoms with Crippen LogP contribution in [-0.2, 0) is 4.79 Å². The van der Waals surface area contributed by atoms with Gasteiger partial charge in [-0.05, 0) is 42.2 Å². The highest BCUT2D eigenvalue weighted by Gasteiger charge is 2.08. The smallest absolute Gasteiger partial charge is 0.262 e. The van der Waals surface area contributed by atoms with Crippen molar-refractivity contribution in [3.63, 3.8) is 0 Å². The third-order valence-corrected chi connectivity index (χ3v) is 4.33. The topological polar surface area (TPSA) is 51.2 Å². The van der Waals surface area contributed by atoms with Gasteiger partial charge in [0.05, 0.1) is 0 Å². The highest BCUT2D eigenvalue weighted by molar-refractivity contribution is 5.92. The van der Waals surface area contributed by atoms with Gasteiger partial charge in [0.1, 0.15) is 11.3 Å². The highest BCUT2D eigenvalue weighted by Crippen LogP contribution is 2.23. The molecule has 0 saturated heterocycles. The van der Waals surface area contributed by atoms with Gasteiger partial charge >= 0.3 is 0 Å². The van der Waals surface area contributed by atoms with Crippen LogP contribution in [0.1, 0.15) is 31.7 Å². The van der Waals surface area contributed by atoms with Gasteiger partial charge < -0.3 is 10.1 Å². The Kier molecular flexibility index (Phi) is 5.29. The van der Waals surface area contributed by atoms with E-state index in [1.807, 2.05) is 42.5 Å². The molecule has 0 bridgehead atoms. The molecule has 4 nitrogen and oxygen atoms in total. The van der Waals surface area contributed by atoms with Gasteiger partial charge in [-0.3, -0.25) is 9.78 Å². The lowest BCUT2D eigenvalue weighted by Gasteiger charge is -2.11. The number of nitrogens with one attached hydrogen (secondary N) is 1. The molecule has 1 N–H and O–H groups in total. The van der Waals surface area contributed by atoms with E-state index in [1.54, 1.807) is 6.20 Å². The van der Waals surface area contributed by atoms with E-state index in [9.17, 15) is 4.79 Å². The predicted octanol–water partition coefficient (Wildman–Crippen LogP) is 4.77. The second-order valence-corrected chi connectivity index (χ2v) is 6.10. The summed E-state index contributed by atoms with van der Waals surface area (Å²) >= 11 is 0. The fourth-order valence-corrected chi connectivity index (χ4v) is 2.66. The standard InChI is InChI=1S/C21H22N2O2/c1-3-15(2)16-9-11-18(12-10-16)23-20(24)14-25-19-8-4-6-17-7-5-13-22-21(17)19/h4-13,15H,3,14H2,1-2H3,(H,23,24)/t15-/m0/s1. The molecule has 128 valence electrons. The number of ether oxygens (including phenoxy) is 1. The van der Waals surface area contributed by atoms with Gasteiger partial charge in [0.2, 0.25) is 0 Å². The maximum absolute atomic E-state index is 12.1. The Labute approximate surface area is 147 Å². The molecule has 2 aromatic carbocycles. The molecule has 0 unspecified atom stereocenters. The Bertz CT molecular complexity index is 854. The lowest BCUT2D eigenvalue weighted by molar-refractivity contribution is -0.118. The quantitative estimate of drug-likeness (QED) is 0.707. The van der Waals surface area contributed by atoms with E-state index < -0.39 is 0 Å². The van der Waals surface area contributed by atoms with Crippen molar-refractivity contribution in [1.29, 1.82) is 0 Å². The molecule has 0 aliphatic heterocycles. The molecule has 4 heteroatoms. The molecule has 0 spiro atoms. The van der Waals surface area contributed by atoms with Gasteiger partial charge in [0.15, 0.2) is 6.61 Å². The van der Waals surface area contributed by atoms with Gasteiger partial charge in [0, 0.05) is 17.3 Å². The summed E-state index contributed by atoms with van der Waals surface area (Å²) in [6, 6.07) is 17.5. The first-order valence-electron chi connectivity index (χ1n) is 8.53. The molecule has 0 aliphatic carbocycles. The maximum Gasteiger partial charge on any atom is 0.262 e. The molecule has 1 amide bonds. The molecule has 3 rings (SSSR count). The number of nitrogens with zero attached hydrogens (tertiary/aromatic N) is 1. The molecule has 25 heavy (non-hydrogen) atoms. The highest BCUT2D eigenvalue weighted by atomic mass is 16.5. The van der Waals surface area contributed by atoms with Crippen LogP contribution in [0.3, 0.4) is 0 Å². The number of para-hydroxylation sites is 1. The monoisotopic (exact) mass is 334 g/mol. The third kappa shape index (κ3) is 4.15. The van der Waals surface area contributed by atoms with Crippen LogP contribution < -0.4 is 10.1 Å². The van der Waals surface area contributed by atoms with Crippen LogP contribution in [-0.4, -0.2) is 17.5 Å². The molecule has 0 saturated carbocycles. The van der Waals surface area contributed by atoms with Crippen molar-refractivity contribution in [2.24, 2.45) is 0 Å². The maximum atomic E-state index is 12.1. The van der Waals surface area contributed by atoms with E-state index in [4.69, 9.17) is 4.74 Å². The molecule has 0 fully saturated rings. The summed E-state index contributed by atoms with van der Waals surface area (Å²) in [6.45, 7) is 4.31. The van der Waals surface area contributed by atoms with Crippen molar-refractivity contribution in [2.75, 3.05) is 11.9 Å². The van der Waals surface area contributed by atoms with Crippen molar-refractivity contribution in [1.82, 2.24) is 4.98 Å². The molecular weight excluding hydrogens is 312 g/mol. The average molecular weight is 334 g/mol. The number of aromatic nitrogens is 1. The fourth-order valence-electron chi connectivity index (χ4n) is 2.66. The Hall–Kier alpha value is -2.88. The van der Waals surface area contributed by atoms with Crippen LogP contribution in [0.15, 0.2) is 60.8 Å². The average Bonchev–Trinajstić information content (AvgIpc) is 2.66. The minimum atomic E-state index is -0.191. The van der Waals surface area contributed by atoms with Crippen LogP contribution in [0.25, 0.3) is 10.9 Å². The summed E-state index contributed by atoms with van der Waals surface area (Å²) in [5, 5.41) is 3.85. The zero-order chi connectivity index (χ0) is 17.6. The molecule has 0 aliphatic rings. The summed E-state index contributed by atoms with van der Waals surface area (Å²) in [5.41, 5.74) is 2.81. The van der Waals surface area contributed by atoms with Gasteiger partial charge in [-0.25, -0.2) is 0 Å². The van der Waals surface area contributed by atoms with Crippen LogP contribution in [0.4, 0.5) is 5.69 Å². The van der Waals surface area contributed by atoms with Gasteiger partial charge in [-0.2, -0.15) is 0 Å². The molecule has 1 heterocycles. The number of fused-ring (bicyclic) bond motifs is 1. The third-order valence-electron chi connectivity index (χ3n) is 4.33. The van der Waals surface area contributed by atoms with Crippen molar-refractivity contribution in [2.45, 2.75) is 26.2 Å². The zero-order valence-corrected chi connectivity index (χ0v) is 14.5. The van der Waals surface area contributed by atoms with Crippen molar-refractivity contribution < 1.29 is 9.53 Å². The molecule has 0 radical (unpaired) electrons. The van der Waals surface area contributed by atoms with E-state index in [-0.39, 0.29) is 12.5 Å².